The average Bonchev–Trinajstić information content (AvgIpc) is 2.27. The number of halogens is 1. The summed E-state index contributed by atoms with van der Waals surface area (Å²) >= 11 is 5.89. The van der Waals surface area contributed by atoms with Crippen molar-refractivity contribution < 1.29 is 9.53 Å². The van der Waals surface area contributed by atoms with Gasteiger partial charge in [-0.2, -0.15) is 0 Å². The zero-order valence-corrected chi connectivity index (χ0v) is 9.17. The highest BCUT2D eigenvalue weighted by molar-refractivity contribution is 6.35. The first-order valence-electron chi connectivity index (χ1n) is 4.52. The molecule has 4 nitrogen and oxygen atoms in total. The number of methoxy groups -OCH3 is 1. The molecule has 0 aliphatic heterocycles. The van der Waals surface area contributed by atoms with Crippen LogP contribution < -0.4 is 5.56 Å². The van der Waals surface area contributed by atoms with Gasteiger partial charge in [-0.1, -0.05) is 17.7 Å². The van der Waals surface area contributed by atoms with Crippen molar-refractivity contribution >= 4 is 28.5 Å². The van der Waals surface area contributed by atoms with Crippen LogP contribution in [0, 0.1) is 0 Å². The summed E-state index contributed by atoms with van der Waals surface area (Å²) < 4.78 is 4.58. The predicted molar refractivity (Wildman–Crippen MR) is 60.9 cm³/mol. The number of hydrogen-bond donors (Lipinski definition) is 1. The molecule has 0 atom stereocenters. The van der Waals surface area contributed by atoms with Gasteiger partial charge in [-0.15, -0.1) is 0 Å². The van der Waals surface area contributed by atoms with Crippen molar-refractivity contribution in [2.45, 2.75) is 0 Å². The second-order valence-corrected chi connectivity index (χ2v) is 3.64. The van der Waals surface area contributed by atoms with Crippen LogP contribution in [0.2, 0.25) is 5.02 Å². The minimum absolute atomic E-state index is 0.306. The normalized spacial score (nSPS) is 10.4. The summed E-state index contributed by atoms with van der Waals surface area (Å²) in [5.41, 5.74) is 0.577. The highest BCUT2D eigenvalue weighted by atomic mass is 35.5. The number of carbonyl (C=O) groups is 1. The average molecular weight is 238 g/mol. The summed E-state index contributed by atoms with van der Waals surface area (Å²) in [6.07, 6.45) is 0. The number of rotatable bonds is 1. The van der Waals surface area contributed by atoms with Crippen LogP contribution in [-0.2, 0) is 4.74 Å². The first-order valence-corrected chi connectivity index (χ1v) is 4.90. The third-order valence-corrected chi connectivity index (χ3v) is 2.53. The van der Waals surface area contributed by atoms with Gasteiger partial charge >= 0.3 is 5.97 Å². The number of benzene rings is 1. The minimum atomic E-state index is -0.456. The number of ether oxygens (including phenoxy) is 1. The van der Waals surface area contributed by atoms with Gasteiger partial charge < -0.3 is 9.72 Å². The van der Waals surface area contributed by atoms with E-state index in [0.29, 0.717) is 21.5 Å². The highest BCUT2D eigenvalue weighted by Gasteiger charge is 2.08. The summed E-state index contributed by atoms with van der Waals surface area (Å²) in [7, 11) is 1.30. The number of pyridine rings is 1. The van der Waals surface area contributed by atoms with Crippen molar-refractivity contribution in [2.24, 2.45) is 0 Å². The maximum Gasteiger partial charge on any atom is 0.337 e. The van der Waals surface area contributed by atoms with E-state index < -0.39 is 5.97 Å². The van der Waals surface area contributed by atoms with E-state index in [-0.39, 0.29) is 5.56 Å². The highest BCUT2D eigenvalue weighted by Crippen LogP contribution is 2.20. The van der Waals surface area contributed by atoms with Gasteiger partial charge in [-0.25, -0.2) is 4.79 Å². The van der Waals surface area contributed by atoms with Crippen molar-refractivity contribution in [3.05, 3.63) is 45.2 Å². The molecule has 1 heterocycles. The van der Waals surface area contributed by atoms with E-state index >= 15 is 0 Å². The molecule has 0 saturated carbocycles. The molecule has 0 unspecified atom stereocenters. The molecular weight excluding hydrogens is 230 g/mol. The van der Waals surface area contributed by atoms with E-state index in [1.54, 1.807) is 12.1 Å². The molecule has 0 radical (unpaired) electrons. The van der Waals surface area contributed by atoms with E-state index in [0.717, 1.165) is 0 Å². The number of H-pyrrole nitrogens is 1. The quantitative estimate of drug-likeness (QED) is 0.772. The minimum Gasteiger partial charge on any atom is -0.465 e. The summed E-state index contributed by atoms with van der Waals surface area (Å²) in [5.74, 6) is -0.456. The Balaban J connectivity index is 2.71. The summed E-state index contributed by atoms with van der Waals surface area (Å²) in [4.78, 5) is 25.1. The van der Waals surface area contributed by atoms with E-state index in [2.05, 4.69) is 9.72 Å². The Morgan fingerprint density at radius 3 is 2.81 bits per heavy atom. The second-order valence-electron chi connectivity index (χ2n) is 3.23. The first-order chi connectivity index (χ1) is 7.61. The lowest BCUT2D eigenvalue weighted by Gasteiger charge is -2.03. The topological polar surface area (TPSA) is 59.2 Å². The Morgan fingerprint density at radius 1 is 1.38 bits per heavy atom. The fourth-order valence-corrected chi connectivity index (χ4v) is 1.73. The standard InChI is InChI=1S/C11H8ClNO3/c1-16-11(15)6-2-3-7-8(12)5-10(14)13-9(7)4-6/h2-5H,1H3,(H,13,14). The largest absolute Gasteiger partial charge is 0.465 e. The molecule has 0 amide bonds. The van der Waals surface area contributed by atoms with Crippen molar-refractivity contribution in [1.82, 2.24) is 4.98 Å². The Bertz CT molecular complexity index is 618. The Morgan fingerprint density at radius 2 is 2.12 bits per heavy atom. The SMILES string of the molecule is COC(=O)c1ccc2c(Cl)cc(=O)[nH]c2c1. The van der Waals surface area contributed by atoms with Crippen LogP contribution in [0.25, 0.3) is 10.9 Å². The van der Waals surface area contributed by atoms with Gasteiger partial charge in [0.2, 0.25) is 5.56 Å². The van der Waals surface area contributed by atoms with E-state index in [1.165, 1.54) is 19.2 Å². The van der Waals surface area contributed by atoms with Gasteiger partial charge in [0.15, 0.2) is 0 Å². The van der Waals surface area contributed by atoms with Crippen molar-refractivity contribution in [3.63, 3.8) is 0 Å². The molecule has 16 heavy (non-hydrogen) atoms. The van der Waals surface area contributed by atoms with Crippen LogP contribution in [0.5, 0.6) is 0 Å². The lowest BCUT2D eigenvalue weighted by molar-refractivity contribution is 0.0601. The Labute approximate surface area is 95.8 Å². The van der Waals surface area contributed by atoms with Crippen LogP contribution >= 0.6 is 11.6 Å². The lowest BCUT2D eigenvalue weighted by atomic mass is 10.1. The van der Waals surface area contributed by atoms with E-state index in [1.807, 2.05) is 0 Å². The number of carbonyl (C=O) groups excluding carboxylic acids is 1. The van der Waals surface area contributed by atoms with Crippen molar-refractivity contribution in [2.75, 3.05) is 7.11 Å². The molecule has 0 saturated heterocycles. The van der Waals surface area contributed by atoms with Crippen molar-refractivity contribution in [1.29, 1.82) is 0 Å². The van der Waals surface area contributed by atoms with Crippen LogP contribution in [-0.4, -0.2) is 18.1 Å². The molecule has 0 fully saturated rings. The van der Waals surface area contributed by atoms with Crippen LogP contribution in [0.15, 0.2) is 29.1 Å². The number of aromatic nitrogens is 1. The van der Waals surface area contributed by atoms with Crippen LogP contribution in [0.1, 0.15) is 10.4 Å². The Kier molecular flexibility index (Phi) is 2.66. The first kappa shape index (κ1) is 10.7. The molecule has 0 spiro atoms. The zero-order valence-electron chi connectivity index (χ0n) is 8.41. The number of hydrogen-bond acceptors (Lipinski definition) is 3. The smallest absolute Gasteiger partial charge is 0.337 e. The summed E-state index contributed by atoms with van der Waals surface area (Å²) in [6, 6.07) is 6.09. The van der Waals surface area contributed by atoms with E-state index in [4.69, 9.17) is 11.6 Å². The van der Waals surface area contributed by atoms with Gasteiger partial charge in [0.25, 0.3) is 0 Å². The molecule has 0 aliphatic rings. The number of fused-ring (bicyclic) bond motifs is 1. The van der Waals surface area contributed by atoms with Gasteiger partial charge in [-0.3, -0.25) is 4.79 Å². The molecule has 82 valence electrons. The third kappa shape index (κ3) is 1.79. The molecule has 0 bridgehead atoms. The molecule has 2 rings (SSSR count). The lowest BCUT2D eigenvalue weighted by Crippen LogP contribution is -2.05. The van der Waals surface area contributed by atoms with Crippen molar-refractivity contribution in [3.8, 4) is 0 Å². The molecule has 1 aromatic carbocycles. The Hall–Kier alpha value is -1.81. The zero-order chi connectivity index (χ0) is 11.7. The second kappa shape index (κ2) is 3.98. The van der Waals surface area contributed by atoms with Crippen LogP contribution in [0.3, 0.4) is 0 Å². The number of aromatic amines is 1. The molecule has 5 heteroatoms. The molecule has 0 aliphatic carbocycles. The monoisotopic (exact) mass is 237 g/mol. The summed E-state index contributed by atoms with van der Waals surface area (Å²) in [5, 5.41) is 1.05. The molecular formula is C11H8ClNO3. The third-order valence-electron chi connectivity index (χ3n) is 2.21. The van der Waals surface area contributed by atoms with Gasteiger partial charge in [-0.05, 0) is 12.1 Å². The summed E-state index contributed by atoms with van der Waals surface area (Å²) in [6.45, 7) is 0. The van der Waals surface area contributed by atoms with E-state index in [9.17, 15) is 9.59 Å². The molecule has 1 aromatic heterocycles. The van der Waals surface area contributed by atoms with Gasteiger partial charge in [0.1, 0.15) is 0 Å². The maximum atomic E-state index is 11.3. The van der Waals surface area contributed by atoms with Gasteiger partial charge in [0, 0.05) is 11.5 Å². The van der Waals surface area contributed by atoms with Gasteiger partial charge in [0.05, 0.1) is 23.2 Å². The van der Waals surface area contributed by atoms with Crippen LogP contribution in [0.4, 0.5) is 0 Å². The molecule has 1 N–H and O–H groups in total. The molecule has 2 aromatic rings. The fraction of sp³-hybridized carbons (Fsp3) is 0.0909. The number of nitrogens with one attached hydrogen (secondary N) is 1. The maximum absolute atomic E-state index is 11.3. The fourth-order valence-electron chi connectivity index (χ4n) is 1.46. The number of esters is 1. The predicted octanol–water partition coefficient (Wildman–Crippen LogP) is 1.97.